The van der Waals surface area contributed by atoms with Gasteiger partial charge in [-0.15, -0.1) is 0 Å². The van der Waals surface area contributed by atoms with Crippen molar-refractivity contribution < 1.29 is 8.78 Å². The highest BCUT2D eigenvalue weighted by atomic mass is 19.1. The molecule has 9 aromatic rings. The summed E-state index contributed by atoms with van der Waals surface area (Å²) in [6.07, 6.45) is 5.63. The molecule has 0 saturated heterocycles. The summed E-state index contributed by atoms with van der Waals surface area (Å²) < 4.78 is 32.7. The summed E-state index contributed by atoms with van der Waals surface area (Å²) in [4.78, 5) is 0. The van der Waals surface area contributed by atoms with Crippen LogP contribution in [0.2, 0.25) is 0 Å². The number of hydrogen-bond donors (Lipinski definition) is 0. The van der Waals surface area contributed by atoms with Crippen LogP contribution in [0.5, 0.6) is 0 Å². The van der Waals surface area contributed by atoms with Gasteiger partial charge in [0.05, 0.1) is 16.6 Å². The summed E-state index contributed by atoms with van der Waals surface area (Å²) in [5.41, 5.74) is 14.3. The number of benzene rings is 7. The summed E-state index contributed by atoms with van der Waals surface area (Å²) in [6, 6.07) is 52.4. The van der Waals surface area contributed by atoms with Crippen molar-refractivity contribution in [1.29, 1.82) is 0 Å². The summed E-state index contributed by atoms with van der Waals surface area (Å²) in [6.45, 7) is 2.29. The third kappa shape index (κ3) is 5.29. The molecule has 4 heteroatoms. The van der Waals surface area contributed by atoms with E-state index in [4.69, 9.17) is 0 Å². The molecule has 1 atom stereocenters. The number of para-hydroxylation sites is 2. The van der Waals surface area contributed by atoms with Crippen molar-refractivity contribution in [3.8, 4) is 44.8 Å². The lowest BCUT2D eigenvalue weighted by Crippen LogP contribution is -2.05. The van der Waals surface area contributed by atoms with E-state index in [0.717, 1.165) is 61.7 Å². The Balaban J connectivity index is 1.16. The molecule has 0 N–H and O–H groups in total. The molecule has 1 aliphatic rings. The van der Waals surface area contributed by atoms with Crippen LogP contribution in [0.15, 0.2) is 164 Å². The Kier molecular flexibility index (Phi) is 7.26. The van der Waals surface area contributed by atoms with Crippen LogP contribution in [-0.4, -0.2) is 9.13 Å². The Morgan fingerprint density at radius 3 is 1.66 bits per heavy atom. The lowest BCUT2D eigenvalue weighted by atomic mass is 9.92. The zero-order valence-electron chi connectivity index (χ0n) is 29.1. The minimum Gasteiger partial charge on any atom is -0.310 e. The highest BCUT2D eigenvalue weighted by Gasteiger charge is 2.22. The summed E-state index contributed by atoms with van der Waals surface area (Å²) >= 11 is 0. The van der Waals surface area contributed by atoms with Crippen molar-refractivity contribution in [2.75, 3.05) is 0 Å². The summed E-state index contributed by atoms with van der Waals surface area (Å²) in [7, 11) is 0. The SMILES string of the molecule is CC1C=Cc2c(c3cc(-c4ccc5c(c4)c4ccccc4n5-c4cc(-c5ccc(F)cc5)cc(-c5ccc(F)cc5)c4)ccc3n2-c2ccccc2)C1. The van der Waals surface area contributed by atoms with Gasteiger partial charge in [0.15, 0.2) is 0 Å². The average Bonchev–Trinajstić information content (AvgIpc) is 3.70. The van der Waals surface area contributed by atoms with Gasteiger partial charge in [-0.25, -0.2) is 8.78 Å². The average molecular weight is 689 g/mol. The quantitative estimate of drug-likeness (QED) is 0.170. The lowest BCUT2D eigenvalue weighted by molar-refractivity contribution is 0.627. The van der Waals surface area contributed by atoms with Crippen LogP contribution in [0.1, 0.15) is 18.2 Å². The monoisotopic (exact) mass is 688 g/mol. The van der Waals surface area contributed by atoms with E-state index in [1.54, 1.807) is 24.3 Å². The van der Waals surface area contributed by atoms with Crippen molar-refractivity contribution in [3.63, 3.8) is 0 Å². The largest absolute Gasteiger partial charge is 0.310 e. The molecule has 1 unspecified atom stereocenters. The van der Waals surface area contributed by atoms with Gasteiger partial charge in [-0.1, -0.05) is 85.8 Å². The minimum absolute atomic E-state index is 0.277. The minimum atomic E-state index is -0.277. The van der Waals surface area contributed by atoms with Crippen LogP contribution in [0.4, 0.5) is 8.78 Å². The second-order valence-corrected chi connectivity index (χ2v) is 14.2. The molecule has 53 heavy (non-hydrogen) atoms. The molecule has 0 amide bonds. The fourth-order valence-corrected chi connectivity index (χ4v) is 8.23. The van der Waals surface area contributed by atoms with Gasteiger partial charge < -0.3 is 9.13 Å². The van der Waals surface area contributed by atoms with Gasteiger partial charge in [0.25, 0.3) is 0 Å². The molecule has 1 aliphatic carbocycles. The van der Waals surface area contributed by atoms with Gasteiger partial charge in [-0.05, 0) is 142 Å². The number of rotatable bonds is 5. The van der Waals surface area contributed by atoms with Crippen molar-refractivity contribution in [3.05, 3.63) is 187 Å². The number of aromatic nitrogens is 2. The van der Waals surface area contributed by atoms with E-state index in [9.17, 15) is 8.78 Å². The van der Waals surface area contributed by atoms with Crippen molar-refractivity contribution in [1.82, 2.24) is 9.13 Å². The van der Waals surface area contributed by atoms with Gasteiger partial charge in [0.1, 0.15) is 11.6 Å². The molecular weight excluding hydrogens is 655 g/mol. The predicted octanol–water partition coefficient (Wildman–Crippen LogP) is 13.2. The molecule has 2 heterocycles. The molecule has 2 nitrogen and oxygen atoms in total. The second kappa shape index (κ2) is 12.3. The number of hydrogen-bond acceptors (Lipinski definition) is 0. The third-order valence-corrected chi connectivity index (χ3v) is 10.8. The molecule has 2 aromatic heterocycles. The Labute approximate surface area is 306 Å². The van der Waals surface area contributed by atoms with Crippen LogP contribution in [0.3, 0.4) is 0 Å². The predicted molar refractivity (Wildman–Crippen MR) is 216 cm³/mol. The van der Waals surface area contributed by atoms with E-state index in [1.807, 2.05) is 0 Å². The van der Waals surface area contributed by atoms with Crippen molar-refractivity contribution in [2.24, 2.45) is 5.92 Å². The van der Waals surface area contributed by atoms with Gasteiger partial charge in [0, 0.05) is 33.2 Å². The highest BCUT2D eigenvalue weighted by molar-refractivity contribution is 6.11. The Morgan fingerprint density at radius 1 is 0.453 bits per heavy atom. The molecule has 7 aromatic carbocycles. The summed E-state index contributed by atoms with van der Waals surface area (Å²) in [5.74, 6) is -0.0734. The van der Waals surface area contributed by atoms with Gasteiger partial charge in [-0.2, -0.15) is 0 Å². The topological polar surface area (TPSA) is 9.86 Å². The second-order valence-electron chi connectivity index (χ2n) is 14.2. The maximum Gasteiger partial charge on any atom is 0.123 e. The highest BCUT2D eigenvalue weighted by Crippen LogP contribution is 2.40. The van der Waals surface area contributed by atoms with Crippen LogP contribution in [0, 0.1) is 17.6 Å². The Hall–Kier alpha value is -6.52. The molecule has 0 bridgehead atoms. The van der Waals surface area contributed by atoms with Crippen LogP contribution in [-0.2, 0) is 6.42 Å². The lowest BCUT2D eigenvalue weighted by Gasteiger charge is -2.15. The van der Waals surface area contributed by atoms with Crippen LogP contribution < -0.4 is 0 Å². The molecule has 0 fully saturated rings. The molecule has 254 valence electrons. The fourth-order valence-electron chi connectivity index (χ4n) is 8.23. The van der Waals surface area contributed by atoms with Crippen LogP contribution >= 0.6 is 0 Å². The van der Waals surface area contributed by atoms with E-state index in [2.05, 4.69) is 137 Å². The first-order chi connectivity index (χ1) is 26.0. The van der Waals surface area contributed by atoms with Gasteiger partial charge >= 0.3 is 0 Å². The molecule has 10 rings (SSSR count). The first-order valence-electron chi connectivity index (χ1n) is 18.1. The van der Waals surface area contributed by atoms with Crippen LogP contribution in [0.25, 0.3) is 83.5 Å². The smallest absolute Gasteiger partial charge is 0.123 e. The summed E-state index contributed by atoms with van der Waals surface area (Å²) in [5, 5.41) is 3.62. The van der Waals surface area contributed by atoms with Gasteiger partial charge in [0.2, 0.25) is 0 Å². The van der Waals surface area contributed by atoms with E-state index >= 15 is 0 Å². The number of nitrogens with zero attached hydrogens (tertiary/aromatic N) is 2. The van der Waals surface area contributed by atoms with E-state index < -0.39 is 0 Å². The van der Waals surface area contributed by atoms with Crippen molar-refractivity contribution >= 4 is 38.8 Å². The fraction of sp³-hybridized carbons (Fsp3) is 0.0612. The molecule has 0 spiro atoms. The zero-order valence-corrected chi connectivity index (χ0v) is 29.1. The normalized spacial score (nSPS) is 14.0. The molecule has 0 radical (unpaired) electrons. The van der Waals surface area contributed by atoms with E-state index in [1.165, 1.54) is 57.7 Å². The molecular formula is C49H34F2N2. The number of halogens is 2. The maximum absolute atomic E-state index is 14.0. The Bertz CT molecular complexity index is 2810. The standard InChI is InChI=1S/C49H34F2N2/c1-31-11-22-47-43(25-31)45-30-35(17-24-49(45)52(47)40-7-3-2-4-8-40)34-16-23-48-44(29-34)42-9-5-6-10-46(42)53(48)41-27-36(32-12-18-38(50)19-13-32)26-37(28-41)33-14-20-39(51)21-15-33/h2-24,26-31H,25H2,1H3. The third-order valence-electron chi connectivity index (χ3n) is 10.8. The number of allylic oxidation sites excluding steroid dienone is 1. The van der Waals surface area contributed by atoms with Gasteiger partial charge in [-0.3, -0.25) is 0 Å². The molecule has 0 aliphatic heterocycles. The van der Waals surface area contributed by atoms with E-state index in [0.29, 0.717) is 5.92 Å². The van der Waals surface area contributed by atoms with Crippen molar-refractivity contribution in [2.45, 2.75) is 13.3 Å². The first kappa shape index (κ1) is 31.2. The maximum atomic E-state index is 14.0. The van der Waals surface area contributed by atoms with E-state index in [-0.39, 0.29) is 11.6 Å². The number of fused-ring (bicyclic) bond motifs is 6. The zero-order chi connectivity index (χ0) is 35.6. The molecule has 0 saturated carbocycles. The Morgan fingerprint density at radius 2 is 1.00 bits per heavy atom. The first-order valence-corrected chi connectivity index (χ1v) is 18.1.